The minimum atomic E-state index is -3.85. The first kappa shape index (κ1) is 15.1. The van der Waals surface area contributed by atoms with E-state index in [1.54, 1.807) is 0 Å². The van der Waals surface area contributed by atoms with Crippen molar-refractivity contribution < 1.29 is 27.1 Å². The molecule has 2 rings (SSSR count). The molecule has 0 fully saturated rings. The number of halogens is 2. The van der Waals surface area contributed by atoms with Crippen LogP contribution in [0, 0.1) is 11.6 Å². The van der Waals surface area contributed by atoms with Crippen LogP contribution in [0.4, 0.5) is 8.78 Å². The van der Waals surface area contributed by atoms with Crippen LogP contribution < -0.4 is 0 Å². The van der Waals surface area contributed by atoms with Crippen molar-refractivity contribution in [2.75, 3.05) is 0 Å². The van der Waals surface area contributed by atoms with Crippen molar-refractivity contribution >= 4 is 15.8 Å². The predicted octanol–water partition coefficient (Wildman–Crippen LogP) is 2.64. The fourth-order valence-electron chi connectivity index (χ4n) is 1.75. The zero-order valence-corrected chi connectivity index (χ0v) is 11.4. The smallest absolute Gasteiger partial charge is 0.338 e. The maximum absolute atomic E-state index is 13.3. The molecule has 0 saturated heterocycles. The summed E-state index contributed by atoms with van der Waals surface area (Å²) in [7, 11) is -3.85. The van der Waals surface area contributed by atoms with E-state index >= 15 is 0 Å². The van der Waals surface area contributed by atoms with Gasteiger partial charge in [-0.05, 0) is 35.9 Å². The molecule has 0 aliphatic heterocycles. The van der Waals surface area contributed by atoms with Crippen LogP contribution in [-0.2, 0) is 15.6 Å². The first-order valence-electron chi connectivity index (χ1n) is 5.79. The van der Waals surface area contributed by atoms with E-state index < -0.39 is 38.8 Å². The maximum Gasteiger partial charge on any atom is 0.338 e. The number of hydrogen-bond acceptors (Lipinski definition) is 3. The van der Waals surface area contributed by atoms with E-state index in [0.717, 1.165) is 30.3 Å². The Morgan fingerprint density at radius 1 is 1.05 bits per heavy atom. The van der Waals surface area contributed by atoms with Crippen molar-refractivity contribution in [1.29, 1.82) is 0 Å². The van der Waals surface area contributed by atoms with Gasteiger partial charge in [0.15, 0.2) is 9.84 Å². The van der Waals surface area contributed by atoms with E-state index in [1.165, 1.54) is 12.1 Å². The van der Waals surface area contributed by atoms with Gasteiger partial charge in [-0.25, -0.2) is 22.0 Å². The minimum Gasteiger partial charge on any atom is -0.478 e. The molecule has 0 bridgehead atoms. The van der Waals surface area contributed by atoms with Gasteiger partial charge in [0.05, 0.1) is 16.2 Å². The van der Waals surface area contributed by atoms with Gasteiger partial charge in [-0.2, -0.15) is 0 Å². The fourth-order valence-corrected chi connectivity index (χ4v) is 3.12. The molecule has 0 radical (unpaired) electrons. The molecule has 1 N–H and O–H groups in total. The quantitative estimate of drug-likeness (QED) is 0.881. The van der Waals surface area contributed by atoms with E-state index in [4.69, 9.17) is 5.11 Å². The first-order chi connectivity index (χ1) is 9.79. The van der Waals surface area contributed by atoms with Crippen molar-refractivity contribution in [3.63, 3.8) is 0 Å². The van der Waals surface area contributed by atoms with Crippen molar-refractivity contribution in [2.24, 2.45) is 0 Å². The van der Waals surface area contributed by atoms with Crippen LogP contribution in [-0.4, -0.2) is 19.5 Å². The van der Waals surface area contributed by atoms with Gasteiger partial charge in [0.2, 0.25) is 0 Å². The maximum atomic E-state index is 13.3. The van der Waals surface area contributed by atoms with Crippen LogP contribution >= 0.6 is 0 Å². The van der Waals surface area contributed by atoms with Gasteiger partial charge in [-0.3, -0.25) is 0 Å². The fraction of sp³-hybridized carbons (Fsp3) is 0.0714. The molecule has 0 aliphatic rings. The Morgan fingerprint density at radius 3 is 2.24 bits per heavy atom. The molecule has 110 valence electrons. The van der Waals surface area contributed by atoms with Gasteiger partial charge >= 0.3 is 5.97 Å². The summed E-state index contributed by atoms with van der Waals surface area (Å²) in [5.74, 6) is -3.49. The standard InChI is InChI=1S/C14H10F2O4S/c15-10-3-1-9(2-4-10)8-21(19,20)11-5-6-13(16)12(7-11)14(17)18/h1-7H,8H2,(H,17,18). The number of carboxylic acid groups (broad SMARTS) is 1. The van der Waals surface area contributed by atoms with Gasteiger partial charge in [0.25, 0.3) is 0 Å². The third-order valence-electron chi connectivity index (χ3n) is 2.80. The van der Waals surface area contributed by atoms with Crippen LogP contribution in [0.3, 0.4) is 0 Å². The Labute approximate surface area is 119 Å². The molecule has 0 atom stereocenters. The highest BCUT2D eigenvalue weighted by molar-refractivity contribution is 7.90. The lowest BCUT2D eigenvalue weighted by atomic mass is 10.2. The van der Waals surface area contributed by atoms with Crippen LogP contribution in [0.1, 0.15) is 15.9 Å². The van der Waals surface area contributed by atoms with Crippen molar-refractivity contribution in [3.05, 3.63) is 65.2 Å². The Kier molecular flexibility index (Phi) is 4.04. The molecule has 4 nitrogen and oxygen atoms in total. The lowest BCUT2D eigenvalue weighted by Crippen LogP contribution is -2.08. The summed E-state index contributed by atoms with van der Waals surface area (Å²) in [6, 6.07) is 7.44. The second-order valence-electron chi connectivity index (χ2n) is 4.33. The van der Waals surface area contributed by atoms with Gasteiger partial charge in [0.1, 0.15) is 11.6 Å². The molecular formula is C14H10F2O4S. The zero-order valence-electron chi connectivity index (χ0n) is 10.6. The molecule has 0 aromatic heterocycles. The number of benzene rings is 2. The summed E-state index contributed by atoms with van der Waals surface area (Å²) in [4.78, 5) is 10.5. The number of carbonyl (C=O) groups is 1. The Bertz CT molecular complexity index is 783. The van der Waals surface area contributed by atoms with Crippen LogP contribution in [0.2, 0.25) is 0 Å². The van der Waals surface area contributed by atoms with Crippen LogP contribution in [0.5, 0.6) is 0 Å². The van der Waals surface area contributed by atoms with E-state index in [2.05, 4.69) is 0 Å². The normalized spacial score (nSPS) is 11.3. The predicted molar refractivity (Wildman–Crippen MR) is 70.6 cm³/mol. The molecule has 0 amide bonds. The average Bonchev–Trinajstić information content (AvgIpc) is 2.41. The lowest BCUT2D eigenvalue weighted by molar-refractivity contribution is 0.0691. The highest BCUT2D eigenvalue weighted by Gasteiger charge is 2.19. The van der Waals surface area contributed by atoms with Crippen molar-refractivity contribution in [2.45, 2.75) is 10.6 Å². The van der Waals surface area contributed by atoms with Crippen LogP contribution in [0.15, 0.2) is 47.4 Å². The van der Waals surface area contributed by atoms with E-state index in [-0.39, 0.29) is 4.90 Å². The topological polar surface area (TPSA) is 71.4 Å². The molecule has 0 saturated carbocycles. The monoisotopic (exact) mass is 312 g/mol. The molecule has 2 aromatic rings. The second kappa shape index (κ2) is 5.61. The Morgan fingerprint density at radius 2 is 1.67 bits per heavy atom. The molecular weight excluding hydrogens is 302 g/mol. The summed E-state index contributed by atoms with van der Waals surface area (Å²) in [6.07, 6.45) is 0. The number of aromatic carboxylic acids is 1. The van der Waals surface area contributed by atoms with Gasteiger partial charge < -0.3 is 5.11 Å². The van der Waals surface area contributed by atoms with Crippen molar-refractivity contribution in [3.8, 4) is 0 Å². The summed E-state index contributed by atoms with van der Waals surface area (Å²) < 4.78 is 50.4. The molecule has 0 unspecified atom stereocenters. The third-order valence-corrected chi connectivity index (χ3v) is 4.48. The molecule has 2 aromatic carbocycles. The zero-order chi connectivity index (χ0) is 15.6. The number of rotatable bonds is 4. The number of carboxylic acids is 1. The third kappa shape index (κ3) is 3.43. The molecule has 0 spiro atoms. The van der Waals surface area contributed by atoms with Gasteiger partial charge in [-0.1, -0.05) is 12.1 Å². The first-order valence-corrected chi connectivity index (χ1v) is 7.45. The van der Waals surface area contributed by atoms with E-state index in [0.29, 0.717) is 5.56 Å². The van der Waals surface area contributed by atoms with Gasteiger partial charge in [-0.15, -0.1) is 0 Å². The summed E-state index contributed by atoms with van der Waals surface area (Å²) in [5.41, 5.74) is -0.368. The summed E-state index contributed by atoms with van der Waals surface area (Å²) >= 11 is 0. The van der Waals surface area contributed by atoms with E-state index in [1.807, 2.05) is 0 Å². The van der Waals surface area contributed by atoms with E-state index in [9.17, 15) is 22.0 Å². The van der Waals surface area contributed by atoms with Crippen molar-refractivity contribution in [1.82, 2.24) is 0 Å². The summed E-state index contributed by atoms with van der Waals surface area (Å²) in [5, 5.41) is 8.80. The highest BCUT2D eigenvalue weighted by atomic mass is 32.2. The molecule has 0 aliphatic carbocycles. The largest absolute Gasteiger partial charge is 0.478 e. The Hall–Kier alpha value is -2.28. The summed E-state index contributed by atoms with van der Waals surface area (Å²) in [6.45, 7) is 0. The van der Waals surface area contributed by atoms with Crippen LogP contribution in [0.25, 0.3) is 0 Å². The number of hydrogen-bond donors (Lipinski definition) is 1. The molecule has 0 heterocycles. The number of sulfone groups is 1. The SMILES string of the molecule is O=C(O)c1cc(S(=O)(=O)Cc2ccc(F)cc2)ccc1F. The molecule has 7 heteroatoms. The van der Waals surface area contributed by atoms with Gasteiger partial charge in [0, 0.05) is 0 Å². The Balaban J connectivity index is 2.38. The highest BCUT2D eigenvalue weighted by Crippen LogP contribution is 2.20. The lowest BCUT2D eigenvalue weighted by Gasteiger charge is -2.06. The minimum absolute atomic E-state index is 0.300. The molecule has 21 heavy (non-hydrogen) atoms. The average molecular weight is 312 g/mol. The second-order valence-corrected chi connectivity index (χ2v) is 6.32.